The van der Waals surface area contributed by atoms with Crippen LogP contribution < -0.4 is 0 Å². The van der Waals surface area contributed by atoms with Crippen molar-refractivity contribution in [1.29, 1.82) is 0 Å². The molecule has 1 unspecified atom stereocenters. The van der Waals surface area contributed by atoms with Crippen LogP contribution in [0.2, 0.25) is 0 Å². The fraction of sp³-hybridized carbons (Fsp3) is 1.00. The molecule has 0 fully saturated rings. The van der Waals surface area contributed by atoms with Crippen molar-refractivity contribution in [3.05, 3.63) is 0 Å². The van der Waals surface area contributed by atoms with E-state index in [1.165, 1.54) is 11.8 Å². The summed E-state index contributed by atoms with van der Waals surface area (Å²) in [5.74, 6) is 0.109. The van der Waals surface area contributed by atoms with Gasteiger partial charge in [0.2, 0.25) is 0 Å². The third kappa shape index (κ3) is 3.21. The minimum Gasteiger partial charge on any atom is -0.386 e. The summed E-state index contributed by atoms with van der Waals surface area (Å²) in [6.45, 7) is 0. The number of thioether (sulfide) groups is 1. The predicted octanol–water partition coefficient (Wildman–Crippen LogP) is 0.975. The van der Waals surface area contributed by atoms with Gasteiger partial charge in [0.15, 0.2) is 0 Å². The zero-order chi connectivity index (χ0) is 6.57. The Hall–Kier alpha value is 0.170. The normalized spacial score (nSPS) is 14.6. The summed E-state index contributed by atoms with van der Waals surface area (Å²) in [5, 5.41) is 8.36. The van der Waals surface area contributed by atoms with Gasteiger partial charge in [0.25, 0.3) is 6.43 Å². The van der Waals surface area contributed by atoms with Crippen LogP contribution in [0.4, 0.5) is 8.78 Å². The Balaban J connectivity index is 3.17. The van der Waals surface area contributed by atoms with Crippen LogP contribution in [0, 0.1) is 0 Å². The first-order valence-electron chi connectivity index (χ1n) is 2.13. The van der Waals surface area contributed by atoms with Gasteiger partial charge < -0.3 is 5.11 Å². The van der Waals surface area contributed by atoms with Crippen LogP contribution in [-0.2, 0) is 0 Å². The van der Waals surface area contributed by atoms with E-state index in [0.29, 0.717) is 0 Å². The fourth-order valence-electron chi connectivity index (χ4n) is 0.243. The van der Waals surface area contributed by atoms with E-state index in [2.05, 4.69) is 0 Å². The van der Waals surface area contributed by atoms with Crippen LogP contribution >= 0.6 is 11.8 Å². The van der Waals surface area contributed by atoms with Gasteiger partial charge >= 0.3 is 0 Å². The van der Waals surface area contributed by atoms with E-state index < -0.39 is 12.5 Å². The second kappa shape index (κ2) is 4.09. The molecule has 0 saturated carbocycles. The van der Waals surface area contributed by atoms with Gasteiger partial charge in [-0.1, -0.05) is 0 Å². The molecule has 8 heavy (non-hydrogen) atoms. The van der Waals surface area contributed by atoms with Gasteiger partial charge in [-0.25, -0.2) is 8.78 Å². The molecule has 1 nitrogen and oxygen atoms in total. The number of hydrogen-bond acceptors (Lipinski definition) is 2. The highest BCUT2D eigenvalue weighted by Gasteiger charge is 2.14. The van der Waals surface area contributed by atoms with E-state index in [1.54, 1.807) is 6.26 Å². The van der Waals surface area contributed by atoms with Crippen molar-refractivity contribution in [2.24, 2.45) is 0 Å². The predicted molar refractivity (Wildman–Crippen MR) is 30.4 cm³/mol. The van der Waals surface area contributed by atoms with Gasteiger partial charge in [0, 0.05) is 5.75 Å². The molecule has 0 saturated heterocycles. The number of aliphatic hydroxyl groups is 1. The topological polar surface area (TPSA) is 20.2 Å². The summed E-state index contributed by atoms with van der Waals surface area (Å²) in [6, 6.07) is 0. The first-order chi connectivity index (χ1) is 3.68. The Morgan fingerprint density at radius 2 is 2.12 bits per heavy atom. The molecule has 4 heteroatoms. The maximum atomic E-state index is 11.4. The molecule has 1 N–H and O–H groups in total. The van der Waals surface area contributed by atoms with Crippen molar-refractivity contribution in [3.8, 4) is 0 Å². The summed E-state index contributed by atoms with van der Waals surface area (Å²) < 4.78 is 22.7. The van der Waals surface area contributed by atoms with E-state index in [4.69, 9.17) is 5.11 Å². The molecule has 0 aromatic carbocycles. The fourth-order valence-corrected chi connectivity index (χ4v) is 0.730. The molecule has 50 valence electrons. The van der Waals surface area contributed by atoms with Gasteiger partial charge in [0.1, 0.15) is 6.10 Å². The number of rotatable bonds is 3. The third-order valence-corrected chi connectivity index (χ3v) is 1.30. The number of halogens is 2. The van der Waals surface area contributed by atoms with Crippen molar-refractivity contribution >= 4 is 11.8 Å². The molecular formula is C4H8F2OS. The summed E-state index contributed by atoms with van der Waals surface area (Å²) in [4.78, 5) is 0. The van der Waals surface area contributed by atoms with Gasteiger partial charge in [-0.05, 0) is 6.26 Å². The van der Waals surface area contributed by atoms with E-state index in [9.17, 15) is 8.78 Å². The molecule has 0 aliphatic carbocycles. The molecular weight excluding hydrogens is 134 g/mol. The lowest BCUT2D eigenvalue weighted by molar-refractivity contribution is 0.0101. The highest BCUT2D eigenvalue weighted by Crippen LogP contribution is 2.05. The lowest BCUT2D eigenvalue weighted by Crippen LogP contribution is -2.19. The van der Waals surface area contributed by atoms with Gasteiger partial charge in [0.05, 0.1) is 0 Å². The van der Waals surface area contributed by atoms with Gasteiger partial charge in [-0.2, -0.15) is 11.8 Å². The standard InChI is InChI=1S/C4H8F2OS/c1-8-2-3(7)4(5)6/h3-4,7H,2H2,1H3. The number of alkyl halides is 2. The largest absolute Gasteiger partial charge is 0.386 e. The van der Waals surface area contributed by atoms with E-state index in [-0.39, 0.29) is 5.75 Å². The average molecular weight is 142 g/mol. The molecule has 0 heterocycles. The first-order valence-corrected chi connectivity index (χ1v) is 3.53. The monoisotopic (exact) mass is 142 g/mol. The highest BCUT2D eigenvalue weighted by molar-refractivity contribution is 7.98. The molecule has 0 aliphatic heterocycles. The van der Waals surface area contributed by atoms with Gasteiger partial charge in [-0.15, -0.1) is 0 Å². The maximum Gasteiger partial charge on any atom is 0.264 e. The van der Waals surface area contributed by atoms with E-state index in [1.807, 2.05) is 0 Å². The summed E-state index contributed by atoms with van der Waals surface area (Å²) in [5.41, 5.74) is 0. The Morgan fingerprint density at radius 1 is 1.62 bits per heavy atom. The molecule has 0 aromatic rings. The summed E-state index contributed by atoms with van der Waals surface area (Å²) in [6.07, 6.45) is -2.38. The van der Waals surface area contributed by atoms with Gasteiger partial charge in [-0.3, -0.25) is 0 Å². The second-order valence-corrected chi connectivity index (χ2v) is 2.27. The van der Waals surface area contributed by atoms with Crippen LogP contribution in [0.25, 0.3) is 0 Å². The smallest absolute Gasteiger partial charge is 0.264 e. The molecule has 0 rings (SSSR count). The van der Waals surface area contributed by atoms with Crippen molar-refractivity contribution in [3.63, 3.8) is 0 Å². The Morgan fingerprint density at radius 3 is 2.25 bits per heavy atom. The third-order valence-electron chi connectivity index (χ3n) is 0.628. The van der Waals surface area contributed by atoms with Crippen molar-refractivity contribution in [2.45, 2.75) is 12.5 Å². The zero-order valence-electron chi connectivity index (χ0n) is 4.47. The number of aliphatic hydroxyl groups excluding tert-OH is 1. The molecule has 0 bridgehead atoms. The summed E-state index contributed by atoms with van der Waals surface area (Å²) in [7, 11) is 0. The van der Waals surface area contributed by atoms with Crippen LogP contribution in [0.1, 0.15) is 0 Å². The molecule has 0 aromatic heterocycles. The first kappa shape index (κ1) is 8.17. The van der Waals surface area contributed by atoms with Crippen LogP contribution in [0.5, 0.6) is 0 Å². The Bertz CT molecular complexity index is 60.0. The highest BCUT2D eigenvalue weighted by atomic mass is 32.2. The van der Waals surface area contributed by atoms with Crippen molar-refractivity contribution in [1.82, 2.24) is 0 Å². The number of hydrogen-bond donors (Lipinski definition) is 1. The maximum absolute atomic E-state index is 11.4. The Labute approximate surface area is 51.1 Å². The summed E-state index contributed by atoms with van der Waals surface area (Å²) >= 11 is 1.21. The van der Waals surface area contributed by atoms with Crippen molar-refractivity contribution < 1.29 is 13.9 Å². The van der Waals surface area contributed by atoms with Crippen LogP contribution in [-0.4, -0.2) is 29.6 Å². The average Bonchev–Trinajstić information content (AvgIpc) is 1.67. The molecule has 0 spiro atoms. The molecule has 0 amide bonds. The van der Waals surface area contributed by atoms with Crippen LogP contribution in [0.3, 0.4) is 0 Å². The molecule has 0 aliphatic rings. The lowest BCUT2D eigenvalue weighted by atomic mass is 10.4. The molecule has 0 radical (unpaired) electrons. The minimum atomic E-state index is -2.59. The second-order valence-electron chi connectivity index (χ2n) is 1.36. The Kier molecular flexibility index (Phi) is 4.18. The quantitative estimate of drug-likeness (QED) is 0.633. The van der Waals surface area contributed by atoms with E-state index in [0.717, 1.165) is 0 Å². The zero-order valence-corrected chi connectivity index (χ0v) is 5.29. The minimum absolute atomic E-state index is 0.109. The van der Waals surface area contributed by atoms with E-state index >= 15 is 0 Å². The lowest BCUT2D eigenvalue weighted by Gasteiger charge is -2.04. The van der Waals surface area contributed by atoms with Crippen molar-refractivity contribution in [2.75, 3.05) is 12.0 Å². The SMILES string of the molecule is CSCC(O)C(F)F. The van der Waals surface area contributed by atoms with Crippen LogP contribution in [0.15, 0.2) is 0 Å². The molecule has 1 atom stereocenters.